The van der Waals surface area contributed by atoms with Crippen LogP contribution < -0.4 is 10.7 Å². The predicted molar refractivity (Wildman–Crippen MR) is 44.7 cm³/mol. The van der Waals surface area contributed by atoms with Gasteiger partial charge in [-0.2, -0.15) is 0 Å². The van der Waals surface area contributed by atoms with Crippen LogP contribution in [0.5, 0.6) is 0 Å². The first-order valence-electron chi connectivity index (χ1n) is 3.97. The van der Waals surface area contributed by atoms with E-state index in [0.29, 0.717) is 6.73 Å². The summed E-state index contributed by atoms with van der Waals surface area (Å²) in [5.74, 6) is 0. The minimum absolute atomic E-state index is 0.631. The summed E-state index contributed by atoms with van der Waals surface area (Å²) >= 11 is 0. The van der Waals surface area contributed by atoms with Crippen LogP contribution in [0, 0.1) is 0 Å². The summed E-state index contributed by atoms with van der Waals surface area (Å²) in [6.07, 6.45) is 8.04. The van der Waals surface area contributed by atoms with Crippen LogP contribution in [0.25, 0.3) is 12.3 Å². The summed E-state index contributed by atoms with van der Waals surface area (Å²) in [4.78, 5) is 4.41. The lowest BCUT2D eigenvalue weighted by Gasteiger charge is -1.94. The van der Waals surface area contributed by atoms with E-state index in [1.54, 1.807) is 6.26 Å². The normalized spacial score (nSPS) is 17.3. The number of hydrogen-bond acceptors (Lipinski definition) is 2. The van der Waals surface area contributed by atoms with Gasteiger partial charge in [-0.05, 0) is 0 Å². The maximum atomic E-state index is 5.17. The standard InChI is InChI=1S/C9H8N2O/c1-2-7-4-11-6-12-5-8(11)9(7)10-3-1/h1-2,4-5H,3,6H2. The van der Waals surface area contributed by atoms with Crippen molar-refractivity contribution < 1.29 is 4.74 Å². The molecule has 1 aromatic heterocycles. The van der Waals surface area contributed by atoms with E-state index in [1.807, 2.05) is 0 Å². The highest BCUT2D eigenvalue weighted by Crippen LogP contribution is 2.01. The van der Waals surface area contributed by atoms with E-state index in [4.69, 9.17) is 4.74 Å². The molecule has 0 N–H and O–H groups in total. The Kier molecular flexibility index (Phi) is 1.01. The Morgan fingerprint density at radius 3 is 3.50 bits per heavy atom. The Bertz CT molecular complexity index is 467. The molecule has 0 aliphatic carbocycles. The van der Waals surface area contributed by atoms with Gasteiger partial charge in [0.15, 0.2) is 6.73 Å². The molecule has 0 fully saturated rings. The minimum Gasteiger partial charge on any atom is -0.478 e. The van der Waals surface area contributed by atoms with Gasteiger partial charge >= 0.3 is 0 Å². The first kappa shape index (κ1) is 6.06. The van der Waals surface area contributed by atoms with Crippen molar-refractivity contribution in [2.24, 2.45) is 4.99 Å². The fourth-order valence-electron chi connectivity index (χ4n) is 1.63. The van der Waals surface area contributed by atoms with Crippen LogP contribution in [-0.2, 0) is 11.5 Å². The highest BCUT2D eigenvalue weighted by molar-refractivity contribution is 5.50. The Morgan fingerprint density at radius 2 is 2.50 bits per heavy atom. The molecule has 0 atom stereocenters. The molecule has 0 radical (unpaired) electrons. The van der Waals surface area contributed by atoms with Gasteiger partial charge < -0.3 is 9.30 Å². The lowest BCUT2D eigenvalue weighted by atomic mass is 10.2. The molecule has 0 bridgehead atoms. The first-order chi connectivity index (χ1) is 5.95. The Labute approximate surface area is 69.3 Å². The molecule has 0 saturated carbocycles. The highest BCUT2D eigenvalue weighted by Gasteiger charge is 2.09. The smallest absolute Gasteiger partial charge is 0.164 e. The first-order valence-corrected chi connectivity index (χ1v) is 3.97. The molecule has 3 rings (SSSR count). The quantitative estimate of drug-likeness (QED) is 0.519. The average molecular weight is 160 g/mol. The molecule has 0 amide bonds. The monoisotopic (exact) mass is 160 g/mol. The number of ether oxygens (including phenoxy) is 1. The summed E-state index contributed by atoms with van der Waals surface area (Å²) in [5.41, 5.74) is 1.20. The van der Waals surface area contributed by atoms with E-state index in [2.05, 4.69) is 27.9 Å². The highest BCUT2D eigenvalue weighted by atomic mass is 16.5. The average Bonchev–Trinajstić information content (AvgIpc) is 2.62. The molecule has 2 aliphatic rings. The Hall–Kier alpha value is -1.51. The number of rotatable bonds is 0. The number of hydrogen-bond donors (Lipinski definition) is 0. The maximum absolute atomic E-state index is 5.17. The van der Waals surface area contributed by atoms with E-state index in [0.717, 1.165) is 17.3 Å². The fourth-order valence-corrected chi connectivity index (χ4v) is 1.63. The van der Waals surface area contributed by atoms with Crippen molar-refractivity contribution >= 4 is 12.3 Å². The van der Waals surface area contributed by atoms with Crippen molar-refractivity contribution in [1.29, 1.82) is 0 Å². The number of fused-ring (bicyclic) bond motifs is 3. The lowest BCUT2D eigenvalue weighted by Crippen LogP contribution is -2.27. The number of nitrogens with zero attached hydrogens (tertiary/aromatic N) is 2. The van der Waals surface area contributed by atoms with Crippen LogP contribution in [-0.4, -0.2) is 11.1 Å². The second kappa shape index (κ2) is 2.00. The molecule has 0 aromatic carbocycles. The van der Waals surface area contributed by atoms with Crippen molar-refractivity contribution in [3.8, 4) is 0 Å². The van der Waals surface area contributed by atoms with E-state index in [9.17, 15) is 0 Å². The van der Waals surface area contributed by atoms with Crippen molar-refractivity contribution in [1.82, 2.24) is 4.57 Å². The molecule has 3 heteroatoms. The van der Waals surface area contributed by atoms with E-state index in [1.165, 1.54) is 5.56 Å². The molecule has 12 heavy (non-hydrogen) atoms. The predicted octanol–water partition coefficient (Wildman–Crippen LogP) is -0.140. The van der Waals surface area contributed by atoms with Gasteiger partial charge in [-0.15, -0.1) is 0 Å². The van der Waals surface area contributed by atoms with Gasteiger partial charge in [0.1, 0.15) is 11.6 Å². The fraction of sp³-hybridized carbons (Fsp3) is 0.222. The van der Waals surface area contributed by atoms with E-state index < -0.39 is 0 Å². The molecule has 1 aromatic rings. The topological polar surface area (TPSA) is 26.5 Å². The van der Waals surface area contributed by atoms with Crippen LogP contribution in [0.3, 0.4) is 0 Å². The zero-order valence-electron chi connectivity index (χ0n) is 6.53. The molecule has 3 nitrogen and oxygen atoms in total. The van der Waals surface area contributed by atoms with Gasteiger partial charge in [-0.25, -0.2) is 0 Å². The molecule has 3 heterocycles. The molecular weight excluding hydrogens is 152 g/mol. The van der Waals surface area contributed by atoms with Gasteiger partial charge in [-0.1, -0.05) is 12.2 Å². The zero-order chi connectivity index (χ0) is 7.97. The molecule has 60 valence electrons. The van der Waals surface area contributed by atoms with Gasteiger partial charge in [0.2, 0.25) is 0 Å². The van der Waals surface area contributed by atoms with E-state index in [-0.39, 0.29) is 0 Å². The second-order valence-corrected chi connectivity index (χ2v) is 2.94. The van der Waals surface area contributed by atoms with E-state index >= 15 is 0 Å². The zero-order valence-corrected chi connectivity index (χ0v) is 6.53. The Morgan fingerprint density at radius 1 is 1.50 bits per heavy atom. The number of aromatic nitrogens is 1. The third-order valence-corrected chi connectivity index (χ3v) is 2.18. The van der Waals surface area contributed by atoms with Gasteiger partial charge in [0.25, 0.3) is 0 Å². The van der Waals surface area contributed by atoms with Crippen LogP contribution in [0.1, 0.15) is 5.56 Å². The summed E-state index contributed by atoms with van der Waals surface area (Å²) in [6.45, 7) is 1.42. The van der Waals surface area contributed by atoms with Crippen LogP contribution in [0.4, 0.5) is 0 Å². The van der Waals surface area contributed by atoms with Crippen LogP contribution in [0.2, 0.25) is 0 Å². The lowest BCUT2D eigenvalue weighted by molar-refractivity contribution is 0.237. The summed E-state index contributed by atoms with van der Waals surface area (Å²) in [6, 6.07) is 0. The molecule has 0 spiro atoms. The molecule has 0 saturated heterocycles. The summed E-state index contributed by atoms with van der Waals surface area (Å²) < 4.78 is 7.25. The molecular formula is C9H8N2O. The third kappa shape index (κ3) is 0.630. The summed E-state index contributed by atoms with van der Waals surface area (Å²) in [7, 11) is 0. The minimum atomic E-state index is 0.631. The van der Waals surface area contributed by atoms with Crippen LogP contribution >= 0.6 is 0 Å². The van der Waals surface area contributed by atoms with Crippen molar-refractivity contribution in [2.75, 3.05) is 6.54 Å². The van der Waals surface area contributed by atoms with Gasteiger partial charge in [0.05, 0.1) is 11.9 Å². The van der Waals surface area contributed by atoms with Crippen molar-refractivity contribution in [2.45, 2.75) is 6.73 Å². The van der Waals surface area contributed by atoms with Crippen molar-refractivity contribution in [3.63, 3.8) is 0 Å². The molecule has 2 aliphatic heterocycles. The molecule has 0 unspecified atom stereocenters. The Balaban J connectivity index is 2.49. The maximum Gasteiger partial charge on any atom is 0.164 e. The van der Waals surface area contributed by atoms with Gasteiger partial charge in [-0.3, -0.25) is 4.99 Å². The van der Waals surface area contributed by atoms with Crippen molar-refractivity contribution in [3.05, 3.63) is 28.5 Å². The van der Waals surface area contributed by atoms with Gasteiger partial charge in [0, 0.05) is 11.8 Å². The largest absolute Gasteiger partial charge is 0.478 e. The van der Waals surface area contributed by atoms with Crippen LogP contribution in [0.15, 0.2) is 17.3 Å². The summed E-state index contributed by atoms with van der Waals surface area (Å²) in [5, 5.41) is 2.18. The third-order valence-electron chi connectivity index (χ3n) is 2.18. The SMILES string of the molecule is C1=Cc2cn3c(c2=NC1)=COC3. The second-order valence-electron chi connectivity index (χ2n) is 2.94.